The number of allylic oxidation sites excluding steroid dienone is 2. The molecule has 6 fully saturated rings. The third-order valence-electron chi connectivity index (χ3n) is 14.2. The molecule has 404 valence electrons. The van der Waals surface area contributed by atoms with Crippen molar-refractivity contribution in [3.63, 3.8) is 0 Å². The fourth-order valence-corrected chi connectivity index (χ4v) is 9.38. The third-order valence-corrected chi connectivity index (χ3v) is 14.2. The molecule has 0 bridgehead atoms. The zero-order valence-corrected chi connectivity index (χ0v) is 45.7. The van der Waals surface area contributed by atoms with Crippen LogP contribution in [-0.2, 0) is 47.4 Å². The Bertz CT molecular complexity index is 1940. The summed E-state index contributed by atoms with van der Waals surface area (Å²) >= 11 is 9.53. The van der Waals surface area contributed by atoms with Crippen molar-refractivity contribution in [2.24, 2.45) is 29.4 Å². The number of rotatable bonds is 17. The molecule has 1 aromatic rings. The van der Waals surface area contributed by atoms with Gasteiger partial charge in [0.1, 0.15) is 64.8 Å². The van der Waals surface area contributed by atoms with Crippen LogP contribution < -0.4 is 15.8 Å². The van der Waals surface area contributed by atoms with Crippen molar-refractivity contribution in [3.05, 3.63) is 58.7 Å². The minimum atomic E-state index is -0.879. The molecule has 20 heteroatoms. The number of carbonyl (C=O) groups excluding carboxylic acids is 2. The first-order valence-corrected chi connectivity index (χ1v) is 25.4. The summed E-state index contributed by atoms with van der Waals surface area (Å²) in [5.41, 5.74) is 3.22. The van der Waals surface area contributed by atoms with E-state index in [0.29, 0.717) is 51.0 Å². The molecule has 3 N–H and O–H groups in total. The van der Waals surface area contributed by atoms with Gasteiger partial charge in [-0.05, 0) is 91.2 Å². The number of halogens is 2. The van der Waals surface area contributed by atoms with Gasteiger partial charge in [0, 0.05) is 53.7 Å². The second-order valence-corrected chi connectivity index (χ2v) is 21.9. The van der Waals surface area contributed by atoms with E-state index in [1.54, 1.807) is 28.4 Å². The maximum atomic E-state index is 12.4. The number of hydrogen-bond acceptors (Lipinski definition) is 16. The molecule has 0 aromatic heterocycles. The Morgan fingerprint density at radius 1 is 0.803 bits per heavy atom. The van der Waals surface area contributed by atoms with E-state index >= 15 is 0 Å². The highest BCUT2D eigenvalue weighted by atomic mass is 35.5. The maximum Gasteiger partial charge on any atom is 0.514 e. The van der Waals surface area contributed by atoms with Gasteiger partial charge in [-0.1, -0.05) is 52.0 Å². The summed E-state index contributed by atoms with van der Waals surface area (Å²) in [5.74, 6) is 0.955. The smallest absolute Gasteiger partial charge is 0.443 e. The van der Waals surface area contributed by atoms with Gasteiger partial charge in [0.05, 0.1) is 46.5 Å². The quantitative estimate of drug-likeness (QED) is 0.0282. The van der Waals surface area contributed by atoms with Crippen LogP contribution in [0.15, 0.2) is 48.6 Å². The number of alkyl carbamates (subject to hydrolysis) is 1. The Hall–Kier alpha value is -3.14. The summed E-state index contributed by atoms with van der Waals surface area (Å²) in [6, 6.07) is 5.24. The molecule has 7 rings (SSSR count). The summed E-state index contributed by atoms with van der Waals surface area (Å²) in [6.07, 6.45) is 8.44. The molecule has 1 amide bonds. The van der Waals surface area contributed by atoms with E-state index < -0.39 is 40.6 Å². The van der Waals surface area contributed by atoms with Crippen LogP contribution in [0.3, 0.4) is 0 Å². The molecular formula is C51H81Cl2N3O15. The normalized spacial score (nSPS) is 33.6. The van der Waals surface area contributed by atoms with E-state index in [1.165, 1.54) is 24.3 Å². The van der Waals surface area contributed by atoms with Crippen molar-refractivity contribution in [1.29, 1.82) is 0 Å². The Morgan fingerprint density at radius 3 is 1.56 bits per heavy atom. The zero-order chi connectivity index (χ0) is 53.2. The lowest BCUT2D eigenvalue weighted by molar-refractivity contribution is -0.384. The van der Waals surface area contributed by atoms with Crippen molar-refractivity contribution >= 4 is 41.1 Å². The molecule has 6 aliphatic rings. The lowest BCUT2D eigenvalue weighted by atomic mass is 9.68. The SMILES string of the molecule is COC(C)(C)CN.CO[C@H]1C([C@]2(C)O[C@@H]2/C=C/C(C)C)[C@]2(CC[C@H]1OC(=O)NCC(C)(C)OC)CO2.CO[C@H]1C([C@]2(C)O[C@@H]2/C=C/C(C)C)[C@]2(CC[C@H]1OC(=O)Oc1ccc([N+](=O)[O-])cc1)CO2.ClCCl. The standard InChI is InChI=1S/C23H29NO8.C22H37NO6.C5H13NO.CH2Cl2/c1-14(2)5-10-18-22(3,32-18)20-19(28-4)17(11-12-23(20)13-29-23)31-21(25)30-16-8-6-15(7-9-16)24(26)27;1-14(2)8-9-16-21(5,29-16)18-17(25-6)15(10-11-22(18)13-27-22)28-19(24)23-12-20(3,4)26-7;1-5(2,4-6)7-3;2-1-3/h5-10,14,17-20H,11-13H2,1-4H3;8-9,14-18H,10-13H2,1-7H3,(H,23,24);4,6H2,1-3H3;1H2/b10-5+;9-8+;;/t17-,18-,19-,20?,22-,23+;15-,16-,17-,18?,21-,22+;;/m11../s1. The van der Waals surface area contributed by atoms with Gasteiger partial charge in [0.2, 0.25) is 0 Å². The number of methoxy groups -OCH3 is 4. The van der Waals surface area contributed by atoms with Gasteiger partial charge in [-0.3, -0.25) is 10.1 Å². The number of nitro groups is 1. The van der Waals surface area contributed by atoms with E-state index in [9.17, 15) is 19.7 Å². The van der Waals surface area contributed by atoms with Crippen LogP contribution in [0.25, 0.3) is 0 Å². The summed E-state index contributed by atoms with van der Waals surface area (Å²) in [7, 11) is 6.55. The van der Waals surface area contributed by atoms with E-state index in [-0.39, 0.29) is 75.4 Å². The Labute approximate surface area is 430 Å². The number of nitrogens with one attached hydrogen (secondary N) is 1. The molecule has 2 saturated carbocycles. The molecule has 2 spiro atoms. The summed E-state index contributed by atoms with van der Waals surface area (Å²) < 4.78 is 62.7. The van der Waals surface area contributed by atoms with Gasteiger partial charge in [0.15, 0.2) is 0 Å². The van der Waals surface area contributed by atoms with Crippen LogP contribution >= 0.6 is 23.2 Å². The van der Waals surface area contributed by atoms with Gasteiger partial charge in [-0.15, -0.1) is 23.2 Å². The molecule has 12 atom stereocenters. The third kappa shape index (κ3) is 16.2. The highest BCUT2D eigenvalue weighted by molar-refractivity contribution is 6.40. The van der Waals surface area contributed by atoms with Crippen molar-refractivity contribution in [1.82, 2.24) is 5.32 Å². The molecule has 18 nitrogen and oxygen atoms in total. The number of nitrogens with zero attached hydrogens (tertiary/aromatic N) is 1. The van der Waals surface area contributed by atoms with Crippen LogP contribution in [0.4, 0.5) is 15.3 Å². The minimum Gasteiger partial charge on any atom is -0.443 e. The topological polar surface area (TPSA) is 230 Å². The molecule has 71 heavy (non-hydrogen) atoms. The number of hydrogen-bond donors (Lipinski definition) is 2. The number of alkyl halides is 2. The molecule has 4 heterocycles. The summed E-state index contributed by atoms with van der Waals surface area (Å²) in [4.78, 5) is 35.1. The minimum absolute atomic E-state index is 0.00350. The van der Waals surface area contributed by atoms with Gasteiger partial charge in [0.25, 0.3) is 5.69 Å². The van der Waals surface area contributed by atoms with Crippen LogP contribution in [-0.4, -0.2) is 147 Å². The molecule has 1 aromatic carbocycles. The maximum absolute atomic E-state index is 12.4. The Balaban J connectivity index is 0.000000260. The molecule has 4 aliphatic heterocycles. The highest BCUT2D eigenvalue weighted by Crippen LogP contribution is 2.60. The number of non-ortho nitro benzene ring substituents is 1. The predicted molar refractivity (Wildman–Crippen MR) is 269 cm³/mol. The molecule has 0 radical (unpaired) electrons. The first kappa shape index (κ1) is 60.4. The van der Waals surface area contributed by atoms with E-state index in [2.05, 4.69) is 71.2 Å². The van der Waals surface area contributed by atoms with Crippen molar-refractivity contribution in [3.8, 4) is 5.75 Å². The number of nitro benzene ring substituents is 1. The molecule has 2 unspecified atom stereocenters. The monoisotopic (exact) mass is 1050 g/mol. The van der Waals surface area contributed by atoms with Gasteiger partial charge >= 0.3 is 12.2 Å². The van der Waals surface area contributed by atoms with Crippen molar-refractivity contribution < 1.29 is 66.6 Å². The Morgan fingerprint density at radius 2 is 1.23 bits per heavy atom. The largest absolute Gasteiger partial charge is 0.514 e. The van der Waals surface area contributed by atoms with E-state index in [4.69, 9.17) is 81.0 Å². The fraction of sp³-hybridized carbons (Fsp3) is 0.765. The van der Waals surface area contributed by atoms with Crippen molar-refractivity contribution in [2.45, 2.75) is 165 Å². The lowest BCUT2D eigenvalue weighted by Gasteiger charge is -2.42. The number of ether oxygens (including phenoxy) is 11. The number of amides is 1. The van der Waals surface area contributed by atoms with Gasteiger partial charge in [-0.25, -0.2) is 9.59 Å². The van der Waals surface area contributed by atoms with Crippen molar-refractivity contribution in [2.75, 3.05) is 60.1 Å². The first-order chi connectivity index (χ1) is 33.3. The van der Waals surface area contributed by atoms with Crippen LogP contribution in [0.1, 0.15) is 94.9 Å². The fourth-order valence-electron chi connectivity index (χ4n) is 9.38. The predicted octanol–water partition coefficient (Wildman–Crippen LogP) is 8.90. The van der Waals surface area contributed by atoms with Gasteiger partial charge in [-0.2, -0.15) is 0 Å². The number of benzene rings is 1. The zero-order valence-electron chi connectivity index (χ0n) is 44.2. The molecule has 4 saturated heterocycles. The average molecular weight is 1050 g/mol. The van der Waals surface area contributed by atoms with Crippen LogP contribution in [0.5, 0.6) is 5.75 Å². The van der Waals surface area contributed by atoms with Gasteiger partial charge < -0.3 is 63.2 Å². The van der Waals surface area contributed by atoms with Crippen LogP contribution in [0.2, 0.25) is 0 Å². The highest BCUT2D eigenvalue weighted by Gasteiger charge is 2.73. The second-order valence-electron chi connectivity index (χ2n) is 21.1. The lowest BCUT2D eigenvalue weighted by Crippen LogP contribution is -2.56. The molecular weight excluding hydrogens is 965 g/mol. The second kappa shape index (κ2) is 25.4. The average Bonchev–Trinajstić information content (AvgIpc) is 4.21. The number of epoxide rings is 4. The van der Waals surface area contributed by atoms with E-state index in [0.717, 1.165) is 12.8 Å². The molecule has 2 aliphatic carbocycles. The number of carbonyl (C=O) groups is 2. The Kier molecular flexibility index (Phi) is 21.6. The number of nitrogens with two attached hydrogens (primary N) is 1. The van der Waals surface area contributed by atoms with E-state index in [1.807, 2.05) is 27.7 Å². The first-order valence-electron chi connectivity index (χ1n) is 24.3. The summed E-state index contributed by atoms with van der Waals surface area (Å²) in [6.45, 7) is 22.7. The van der Waals surface area contributed by atoms with Crippen LogP contribution in [0, 0.1) is 33.8 Å². The summed E-state index contributed by atoms with van der Waals surface area (Å²) in [5, 5.41) is 13.8.